The second-order valence-corrected chi connectivity index (χ2v) is 3.21. The van der Waals surface area contributed by atoms with Crippen LogP contribution in [-0.2, 0) is 9.47 Å². The number of carboxylic acids is 1. The van der Waals surface area contributed by atoms with E-state index in [0.29, 0.717) is 0 Å². The van der Waals surface area contributed by atoms with Gasteiger partial charge in [0, 0.05) is 0 Å². The molecule has 0 aliphatic rings. The van der Waals surface area contributed by atoms with Crippen molar-refractivity contribution in [2.45, 2.75) is 0 Å². The van der Waals surface area contributed by atoms with Gasteiger partial charge < -0.3 is 14.6 Å². The lowest BCUT2D eigenvalue weighted by molar-refractivity contribution is 0.0628. The maximum absolute atomic E-state index is 11.5. The van der Waals surface area contributed by atoms with Gasteiger partial charge in [-0.2, -0.15) is 0 Å². The molecule has 0 heterocycles. The minimum atomic E-state index is -1.37. The Bertz CT molecular complexity index is 558. The summed E-state index contributed by atoms with van der Waals surface area (Å²) in [4.78, 5) is 34.0. The third-order valence-electron chi connectivity index (χ3n) is 2.09. The number of benzene rings is 1. The molecule has 0 radical (unpaired) electrons. The van der Waals surface area contributed by atoms with E-state index in [2.05, 4.69) is 22.6 Å². The summed E-state index contributed by atoms with van der Waals surface area (Å²) in [6.45, 7) is 6.40. The molecule has 0 spiro atoms. The molecule has 98 valence electrons. The highest BCUT2D eigenvalue weighted by Gasteiger charge is 2.20. The summed E-state index contributed by atoms with van der Waals surface area (Å²) in [5.41, 5.74) is -0.583. The van der Waals surface area contributed by atoms with Gasteiger partial charge in [-0.3, -0.25) is 0 Å². The summed E-state index contributed by atoms with van der Waals surface area (Å²) in [6.07, 6.45) is 1.80. The van der Waals surface area contributed by atoms with Crippen LogP contribution in [0.15, 0.2) is 43.9 Å². The summed E-state index contributed by atoms with van der Waals surface area (Å²) in [6, 6.07) is 3.43. The van der Waals surface area contributed by atoms with Crippen molar-refractivity contribution in [2.24, 2.45) is 0 Å². The van der Waals surface area contributed by atoms with E-state index in [-0.39, 0.29) is 16.7 Å². The van der Waals surface area contributed by atoms with Crippen LogP contribution in [0, 0.1) is 0 Å². The van der Waals surface area contributed by atoms with Gasteiger partial charge in [-0.1, -0.05) is 13.2 Å². The standard InChI is InChI=1S/C13H10O6/c1-3-18-12(16)8-5-6-9(13(17)19-4-2)10(7-8)11(14)15/h3-7H,1-2H2,(H,14,15). The molecule has 0 aliphatic carbocycles. The average Bonchev–Trinajstić information content (AvgIpc) is 2.38. The van der Waals surface area contributed by atoms with Gasteiger partial charge in [-0.25, -0.2) is 14.4 Å². The first-order chi connectivity index (χ1) is 9.01. The van der Waals surface area contributed by atoms with E-state index in [4.69, 9.17) is 5.11 Å². The Balaban J connectivity index is 3.25. The number of esters is 2. The smallest absolute Gasteiger partial charge is 0.343 e. The van der Waals surface area contributed by atoms with Gasteiger partial charge >= 0.3 is 17.9 Å². The predicted molar refractivity (Wildman–Crippen MR) is 64.6 cm³/mol. The SMILES string of the molecule is C=COC(=O)c1ccc(C(=O)OC=C)c(C(=O)O)c1. The molecule has 1 aromatic carbocycles. The molecule has 6 nitrogen and oxygen atoms in total. The van der Waals surface area contributed by atoms with Crippen molar-refractivity contribution in [2.75, 3.05) is 0 Å². The molecule has 1 rings (SSSR count). The molecule has 0 fully saturated rings. The Morgan fingerprint density at radius 2 is 1.58 bits per heavy atom. The molecular formula is C13H10O6. The van der Waals surface area contributed by atoms with Gasteiger partial charge in [-0.15, -0.1) is 0 Å². The molecule has 0 saturated heterocycles. The number of carbonyl (C=O) groups is 3. The molecule has 0 atom stereocenters. The Morgan fingerprint density at radius 1 is 1.00 bits per heavy atom. The monoisotopic (exact) mass is 262 g/mol. The summed E-state index contributed by atoms with van der Waals surface area (Å²) in [5.74, 6) is -3.03. The van der Waals surface area contributed by atoms with Gasteiger partial charge in [0.25, 0.3) is 0 Å². The molecule has 19 heavy (non-hydrogen) atoms. The minimum absolute atomic E-state index is 0.0209. The number of carbonyl (C=O) groups excluding carboxylic acids is 2. The highest BCUT2D eigenvalue weighted by atomic mass is 16.5. The first kappa shape index (κ1) is 14.2. The summed E-state index contributed by atoms with van der Waals surface area (Å²) in [7, 11) is 0. The van der Waals surface area contributed by atoms with E-state index in [1.165, 1.54) is 6.07 Å². The lowest BCUT2D eigenvalue weighted by Gasteiger charge is -2.06. The second-order valence-electron chi connectivity index (χ2n) is 3.21. The second kappa shape index (κ2) is 6.15. The fourth-order valence-electron chi connectivity index (χ4n) is 1.31. The quantitative estimate of drug-likeness (QED) is 0.644. The van der Waals surface area contributed by atoms with Crippen molar-refractivity contribution < 1.29 is 29.0 Å². The maximum atomic E-state index is 11.5. The van der Waals surface area contributed by atoms with Crippen LogP contribution in [0.2, 0.25) is 0 Å². The fourth-order valence-corrected chi connectivity index (χ4v) is 1.31. The summed E-state index contributed by atoms with van der Waals surface area (Å²) in [5, 5.41) is 9.01. The number of hydrogen-bond donors (Lipinski definition) is 1. The van der Waals surface area contributed by atoms with Crippen LogP contribution in [-0.4, -0.2) is 23.0 Å². The topological polar surface area (TPSA) is 89.9 Å². The maximum Gasteiger partial charge on any atom is 0.343 e. The van der Waals surface area contributed by atoms with Gasteiger partial charge in [0.1, 0.15) is 0 Å². The first-order valence-corrected chi connectivity index (χ1v) is 5.02. The van der Waals surface area contributed by atoms with Crippen molar-refractivity contribution in [3.63, 3.8) is 0 Å². The van der Waals surface area contributed by atoms with E-state index in [0.717, 1.165) is 24.7 Å². The normalized spacial score (nSPS) is 9.26. The average molecular weight is 262 g/mol. The van der Waals surface area contributed by atoms with E-state index in [9.17, 15) is 14.4 Å². The third kappa shape index (κ3) is 3.29. The highest BCUT2D eigenvalue weighted by Crippen LogP contribution is 2.15. The Labute approximate surface area is 108 Å². The largest absolute Gasteiger partial charge is 0.478 e. The van der Waals surface area contributed by atoms with Gasteiger partial charge in [-0.05, 0) is 18.2 Å². The lowest BCUT2D eigenvalue weighted by Crippen LogP contribution is -2.12. The number of aromatic carboxylic acids is 1. The summed E-state index contributed by atoms with van der Waals surface area (Å²) >= 11 is 0. The zero-order valence-electron chi connectivity index (χ0n) is 9.79. The van der Waals surface area contributed by atoms with Crippen molar-refractivity contribution in [1.82, 2.24) is 0 Å². The van der Waals surface area contributed by atoms with E-state index >= 15 is 0 Å². The lowest BCUT2D eigenvalue weighted by atomic mass is 10.0. The van der Waals surface area contributed by atoms with Gasteiger partial charge in [0.15, 0.2) is 0 Å². The Kier molecular flexibility index (Phi) is 4.59. The van der Waals surface area contributed by atoms with E-state index in [1.807, 2.05) is 0 Å². The van der Waals surface area contributed by atoms with E-state index in [1.54, 1.807) is 0 Å². The van der Waals surface area contributed by atoms with Crippen molar-refractivity contribution in [1.29, 1.82) is 0 Å². The molecule has 1 aromatic rings. The number of ether oxygens (including phenoxy) is 2. The minimum Gasteiger partial charge on any atom is -0.478 e. The van der Waals surface area contributed by atoms with Crippen LogP contribution in [0.25, 0.3) is 0 Å². The van der Waals surface area contributed by atoms with Crippen molar-refractivity contribution >= 4 is 17.9 Å². The molecule has 0 aliphatic heterocycles. The van der Waals surface area contributed by atoms with E-state index < -0.39 is 17.9 Å². The molecule has 1 N–H and O–H groups in total. The number of hydrogen-bond acceptors (Lipinski definition) is 5. The molecule has 0 saturated carbocycles. The Hall–Kier alpha value is -2.89. The molecule has 0 amide bonds. The Morgan fingerprint density at radius 3 is 2.11 bits per heavy atom. The molecule has 0 aromatic heterocycles. The van der Waals surface area contributed by atoms with Crippen molar-refractivity contribution in [3.8, 4) is 0 Å². The molecule has 0 bridgehead atoms. The van der Waals surface area contributed by atoms with Crippen LogP contribution in [0.5, 0.6) is 0 Å². The predicted octanol–water partition coefficient (Wildman–Crippen LogP) is 1.99. The number of carboxylic acid groups (broad SMARTS) is 1. The highest BCUT2D eigenvalue weighted by molar-refractivity contribution is 6.04. The van der Waals surface area contributed by atoms with Crippen LogP contribution < -0.4 is 0 Å². The zero-order valence-corrected chi connectivity index (χ0v) is 9.79. The number of rotatable bonds is 5. The van der Waals surface area contributed by atoms with Crippen molar-refractivity contribution in [3.05, 3.63) is 60.6 Å². The van der Waals surface area contributed by atoms with Crippen LogP contribution in [0.1, 0.15) is 31.1 Å². The summed E-state index contributed by atoms with van der Waals surface area (Å²) < 4.78 is 9.01. The third-order valence-corrected chi connectivity index (χ3v) is 2.09. The molecule has 0 unspecified atom stereocenters. The van der Waals surface area contributed by atoms with Crippen LogP contribution in [0.3, 0.4) is 0 Å². The molecular weight excluding hydrogens is 252 g/mol. The first-order valence-electron chi connectivity index (χ1n) is 5.02. The van der Waals surface area contributed by atoms with Gasteiger partial charge in [0.05, 0.1) is 29.2 Å². The zero-order chi connectivity index (χ0) is 14.4. The van der Waals surface area contributed by atoms with Gasteiger partial charge in [0.2, 0.25) is 0 Å². The molecule has 6 heteroatoms. The fraction of sp³-hybridized carbons (Fsp3) is 0. The van der Waals surface area contributed by atoms with Crippen LogP contribution >= 0.6 is 0 Å². The van der Waals surface area contributed by atoms with Crippen LogP contribution in [0.4, 0.5) is 0 Å².